The van der Waals surface area contributed by atoms with Crippen molar-refractivity contribution < 1.29 is 9.00 Å². The molecular formula is C13H15Cl2NO2S. The summed E-state index contributed by atoms with van der Waals surface area (Å²) >= 11 is 11.9. The van der Waals surface area contributed by atoms with Crippen molar-refractivity contribution in [1.29, 1.82) is 0 Å². The van der Waals surface area contributed by atoms with E-state index in [4.69, 9.17) is 23.2 Å². The lowest BCUT2D eigenvalue weighted by molar-refractivity contribution is 0.0850. The number of halogens is 2. The molecule has 1 unspecified atom stereocenters. The van der Waals surface area contributed by atoms with Gasteiger partial charge >= 0.3 is 0 Å². The first kappa shape index (κ1) is 15.0. The van der Waals surface area contributed by atoms with Gasteiger partial charge in [-0.2, -0.15) is 0 Å². The molecule has 0 aromatic heterocycles. The number of nitrogens with zero attached hydrogens (tertiary/aromatic N) is 1. The van der Waals surface area contributed by atoms with E-state index in [1.807, 2.05) is 6.92 Å². The number of carbonyl (C=O) groups excluding carboxylic acids is 1. The van der Waals surface area contributed by atoms with Gasteiger partial charge < -0.3 is 0 Å². The van der Waals surface area contributed by atoms with Gasteiger partial charge in [-0.3, -0.25) is 13.9 Å². The molecule has 0 amide bonds. The zero-order chi connectivity index (χ0) is 14.0. The summed E-state index contributed by atoms with van der Waals surface area (Å²) in [6.45, 7) is 3.23. The molecule has 0 N–H and O–H groups in total. The molecule has 1 aliphatic rings. The van der Waals surface area contributed by atoms with Gasteiger partial charge in [0.25, 0.3) is 0 Å². The van der Waals surface area contributed by atoms with Gasteiger partial charge in [-0.05, 0) is 25.1 Å². The van der Waals surface area contributed by atoms with E-state index in [0.29, 0.717) is 40.2 Å². The van der Waals surface area contributed by atoms with E-state index < -0.39 is 10.8 Å². The molecule has 2 rings (SSSR count). The smallest absolute Gasteiger partial charge is 0.181 e. The van der Waals surface area contributed by atoms with Crippen LogP contribution in [0.1, 0.15) is 17.3 Å². The summed E-state index contributed by atoms with van der Waals surface area (Å²) in [5.74, 6) is 1.24. The second-order valence-corrected chi connectivity index (χ2v) is 7.09. The first-order valence-corrected chi connectivity index (χ1v) is 8.31. The second kappa shape index (κ2) is 6.35. The maximum atomic E-state index is 12.4. The Hall–Kier alpha value is -0.420. The van der Waals surface area contributed by atoms with Crippen molar-refractivity contribution >= 4 is 39.8 Å². The van der Waals surface area contributed by atoms with Crippen LogP contribution < -0.4 is 0 Å². The highest BCUT2D eigenvalue weighted by molar-refractivity contribution is 7.85. The first-order valence-electron chi connectivity index (χ1n) is 6.07. The Morgan fingerprint density at radius 2 is 1.95 bits per heavy atom. The third kappa shape index (κ3) is 3.57. The summed E-state index contributed by atoms with van der Waals surface area (Å²) in [5.41, 5.74) is 0.491. The van der Waals surface area contributed by atoms with Crippen LogP contribution in [-0.4, -0.2) is 45.5 Å². The number of carbonyl (C=O) groups is 1. The molecule has 6 heteroatoms. The summed E-state index contributed by atoms with van der Waals surface area (Å²) < 4.78 is 11.3. The molecule has 1 aliphatic heterocycles. The molecular weight excluding hydrogens is 305 g/mol. The average molecular weight is 320 g/mol. The quantitative estimate of drug-likeness (QED) is 0.804. The summed E-state index contributed by atoms with van der Waals surface area (Å²) in [7, 11) is -0.739. The van der Waals surface area contributed by atoms with Gasteiger partial charge in [0, 0.05) is 46.0 Å². The predicted molar refractivity (Wildman–Crippen MR) is 79.7 cm³/mol. The van der Waals surface area contributed by atoms with Crippen LogP contribution in [0.5, 0.6) is 0 Å². The van der Waals surface area contributed by atoms with Crippen LogP contribution in [0.2, 0.25) is 10.0 Å². The first-order chi connectivity index (χ1) is 8.99. The van der Waals surface area contributed by atoms with Crippen molar-refractivity contribution in [3.05, 3.63) is 33.8 Å². The van der Waals surface area contributed by atoms with Crippen molar-refractivity contribution in [2.24, 2.45) is 0 Å². The molecule has 0 aliphatic carbocycles. The molecule has 1 fully saturated rings. The highest BCUT2D eigenvalue weighted by Gasteiger charge is 2.26. The Bertz CT molecular complexity index is 511. The summed E-state index contributed by atoms with van der Waals surface area (Å²) in [4.78, 5) is 14.5. The van der Waals surface area contributed by atoms with Crippen LogP contribution in [0.25, 0.3) is 0 Å². The molecule has 0 bridgehead atoms. The van der Waals surface area contributed by atoms with E-state index in [1.165, 1.54) is 0 Å². The zero-order valence-electron chi connectivity index (χ0n) is 10.6. The van der Waals surface area contributed by atoms with Crippen LogP contribution in [-0.2, 0) is 10.8 Å². The Balaban J connectivity index is 2.12. The maximum Gasteiger partial charge on any atom is 0.181 e. The Morgan fingerprint density at radius 1 is 1.32 bits per heavy atom. The van der Waals surface area contributed by atoms with Crippen LogP contribution in [0.4, 0.5) is 0 Å². The fraction of sp³-hybridized carbons (Fsp3) is 0.462. The number of hydrogen-bond acceptors (Lipinski definition) is 3. The van der Waals surface area contributed by atoms with Gasteiger partial charge in [-0.1, -0.05) is 23.2 Å². The third-order valence-electron chi connectivity index (χ3n) is 3.34. The molecule has 1 saturated heterocycles. The minimum atomic E-state index is -0.739. The second-order valence-electron chi connectivity index (χ2n) is 4.55. The van der Waals surface area contributed by atoms with Crippen molar-refractivity contribution in [1.82, 2.24) is 4.90 Å². The molecule has 1 aromatic carbocycles. The van der Waals surface area contributed by atoms with E-state index in [2.05, 4.69) is 4.90 Å². The van der Waals surface area contributed by atoms with E-state index in [-0.39, 0.29) is 11.8 Å². The fourth-order valence-corrected chi connectivity index (χ4v) is 3.70. The predicted octanol–water partition coefficient (Wildman–Crippen LogP) is 2.63. The average Bonchev–Trinajstić information content (AvgIpc) is 2.38. The number of benzene rings is 1. The molecule has 19 heavy (non-hydrogen) atoms. The SMILES string of the molecule is CC(C(=O)c1ccc(Cl)cc1Cl)N1CCS(=O)CC1. The van der Waals surface area contributed by atoms with Gasteiger partial charge in [0.1, 0.15) is 0 Å². The summed E-state index contributed by atoms with van der Waals surface area (Å²) in [6, 6.07) is 4.65. The molecule has 0 saturated carbocycles. The number of hydrogen-bond donors (Lipinski definition) is 0. The standard InChI is InChI=1S/C13H15Cl2NO2S/c1-9(16-4-6-19(18)7-5-16)13(17)11-3-2-10(14)8-12(11)15/h2-3,8-9H,4-7H2,1H3. The van der Waals surface area contributed by atoms with Crippen LogP contribution in [0.15, 0.2) is 18.2 Å². The summed E-state index contributed by atoms with van der Waals surface area (Å²) in [5, 5.41) is 0.896. The van der Waals surface area contributed by atoms with Gasteiger partial charge in [-0.25, -0.2) is 0 Å². The number of rotatable bonds is 3. The van der Waals surface area contributed by atoms with E-state index in [0.717, 1.165) is 0 Å². The Labute approximate surface area is 125 Å². The van der Waals surface area contributed by atoms with Gasteiger partial charge in [0.15, 0.2) is 5.78 Å². The zero-order valence-corrected chi connectivity index (χ0v) is 12.9. The van der Waals surface area contributed by atoms with E-state index in [9.17, 15) is 9.00 Å². The van der Waals surface area contributed by atoms with Gasteiger partial charge in [0.2, 0.25) is 0 Å². The monoisotopic (exact) mass is 319 g/mol. The Morgan fingerprint density at radius 3 is 2.53 bits per heavy atom. The van der Waals surface area contributed by atoms with Crippen LogP contribution in [0.3, 0.4) is 0 Å². The normalized spacial score (nSPS) is 19.3. The highest BCUT2D eigenvalue weighted by Crippen LogP contribution is 2.23. The van der Waals surface area contributed by atoms with Crippen molar-refractivity contribution in [2.75, 3.05) is 24.6 Å². The lowest BCUT2D eigenvalue weighted by Crippen LogP contribution is -2.46. The van der Waals surface area contributed by atoms with E-state index >= 15 is 0 Å². The van der Waals surface area contributed by atoms with Gasteiger partial charge in [-0.15, -0.1) is 0 Å². The lowest BCUT2D eigenvalue weighted by atomic mass is 10.0. The molecule has 0 spiro atoms. The largest absolute Gasteiger partial charge is 0.292 e. The minimum Gasteiger partial charge on any atom is -0.292 e. The Kier molecular flexibility index (Phi) is 5.01. The lowest BCUT2D eigenvalue weighted by Gasteiger charge is -2.31. The van der Waals surface area contributed by atoms with Crippen molar-refractivity contribution in [3.63, 3.8) is 0 Å². The van der Waals surface area contributed by atoms with E-state index in [1.54, 1.807) is 18.2 Å². The van der Waals surface area contributed by atoms with Crippen molar-refractivity contribution in [2.45, 2.75) is 13.0 Å². The molecule has 0 radical (unpaired) electrons. The summed E-state index contributed by atoms with van der Waals surface area (Å²) in [6.07, 6.45) is 0. The third-order valence-corrected chi connectivity index (χ3v) is 5.16. The number of ketones is 1. The van der Waals surface area contributed by atoms with Crippen LogP contribution >= 0.6 is 23.2 Å². The molecule has 3 nitrogen and oxygen atoms in total. The maximum absolute atomic E-state index is 12.4. The fourth-order valence-electron chi connectivity index (χ4n) is 2.12. The molecule has 1 heterocycles. The van der Waals surface area contributed by atoms with Crippen LogP contribution in [0, 0.1) is 0 Å². The molecule has 1 aromatic rings. The number of Topliss-reactive ketones (excluding diaryl/α,β-unsaturated/α-hetero) is 1. The topological polar surface area (TPSA) is 37.4 Å². The minimum absolute atomic E-state index is 0.0191. The highest BCUT2D eigenvalue weighted by atomic mass is 35.5. The van der Waals surface area contributed by atoms with Gasteiger partial charge in [0.05, 0.1) is 11.1 Å². The molecule has 1 atom stereocenters. The van der Waals surface area contributed by atoms with Crippen molar-refractivity contribution in [3.8, 4) is 0 Å². The molecule has 104 valence electrons.